The molecule has 144 valence electrons. The molecule has 0 fully saturated rings. The van der Waals surface area contributed by atoms with Crippen molar-refractivity contribution in [1.29, 1.82) is 0 Å². The summed E-state index contributed by atoms with van der Waals surface area (Å²) in [7, 11) is -1.89. The van der Waals surface area contributed by atoms with E-state index in [1.165, 1.54) is 57.8 Å². The molecule has 24 heavy (non-hydrogen) atoms. The van der Waals surface area contributed by atoms with Gasteiger partial charge in [-0.1, -0.05) is 57.8 Å². The van der Waals surface area contributed by atoms with Gasteiger partial charge < -0.3 is 19.9 Å². The Morgan fingerprint density at radius 3 is 1.67 bits per heavy atom. The number of amides is 2. The van der Waals surface area contributed by atoms with E-state index in [1.54, 1.807) is 0 Å². The van der Waals surface area contributed by atoms with Crippen LogP contribution in [0.4, 0.5) is 4.79 Å². The van der Waals surface area contributed by atoms with Crippen LogP contribution in [-0.2, 0) is 8.85 Å². The Morgan fingerprint density at radius 2 is 1.25 bits per heavy atom. The van der Waals surface area contributed by atoms with Crippen molar-refractivity contribution < 1.29 is 13.6 Å². The van der Waals surface area contributed by atoms with Crippen molar-refractivity contribution in [2.24, 2.45) is 5.73 Å². The van der Waals surface area contributed by atoms with Crippen molar-refractivity contribution in [2.75, 3.05) is 19.8 Å². The largest absolute Gasteiger partial charge is 0.395 e. The zero-order valence-electron chi connectivity index (χ0n) is 16.2. The molecule has 0 aliphatic heterocycles. The maximum Gasteiger partial charge on any atom is 0.334 e. The minimum absolute atomic E-state index is 0.416. The van der Waals surface area contributed by atoms with Crippen LogP contribution >= 0.6 is 0 Å². The average Bonchev–Trinajstić information content (AvgIpc) is 2.52. The number of carbonyl (C=O) groups excluding carboxylic acids is 1. The summed E-state index contributed by atoms with van der Waals surface area (Å²) in [6.07, 6.45) is 12.6. The summed E-state index contributed by atoms with van der Waals surface area (Å²) in [5, 5.41) is 2.63. The molecule has 0 saturated carbocycles. The lowest BCUT2D eigenvalue weighted by Gasteiger charge is -2.25. The van der Waals surface area contributed by atoms with Crippen molar-refractivity contribution in [1.82, 2.24) is 5.32 Å². The first-order valence-corrected chi connectivity index (χ1v) is 12.4. The lowest BCUT2D eigenvalue weighted by molar-refractivity contribution is 0.188. The molecule has 3 N–H and O–H groups in total. The third-order valence-corrected chi connectivity index (χ3v) is 7.32. The fourth-order valence-electron chi connectivity index (χ4n) is 2.99. The number of nitrogens with two attached hydrogens (primary N) is 1. The van der Waals surface area contributed by atoms with Crippen molar-refractivity contribution >= 4 is 14.6 Å². The van der Waals surface area contributed by atoms with Crippen molar-refractivity contribution in [3.63, 3.8) is 0 Å². The Labute approximate surface area is 150 Å². The van der Waals surface area contributed by atoms with E-state index in [-0.39, 0.29) is 0 Å². The monoisotopic (exact) mass is 360 g/mol. The highest BCUT2D eigenvalue weighted by Crippen LogP contribution is 2.19. The van der Waals surface area contributed by atoms with Gasteiger partial charge in [0.05, 0.1) is 0 Å². The molecule has 0 aromatic rings. The molecular weight excluding hydrogens is 320 g/mol. The number of unbranched alkanes of at least 4 members (excludes halogenated alkanes) is 9. The zero-order chi connectivity index (χ0) is 18.1. The molecule has 0 rings (SSSR count). The van der Waals surface area contributed by atoms with E-state index in [2.05, 4.69) is 25.7 Å². The Hall–Kier alpha value is -0.593. The third-order valence-electron chi connectivity index (χ3n) is 4.26. The van der Waals surface area contributed by atoms with Gasteiger partial charge in [0.15, 0.2) is 0 Å². The van der Waals surface area contributed by atoms with Gasteiger partial charge in [0.2, 0.25) is 0 Å². The van der Waals surface area contributed by atoms with E-state index in [0.717, 1.165) is 25.7 Å². The van der Waals surface area contributed by atoms with Gasteiger partial charge in [0, 0.05) is 19.8 Å². The average molecular weight is 361 g/mol. The smallest absolute Gasteiger partial charge is 0.334 e. The summed E-state index contributed by atoms with van der Waals surface area (Å²) < 4.78 is 11.7. The topological polar surface area (TPSA) is 73.6 Å². The first kappa shape index (κ1) is 23.4. The van der Waals surface area contributed by atoms with Crippen LogP contribution in [0.3, 0.4) is 0 Å². The van der Waals surface area contributed by atoms with Gasteiger partial charge in [-0.05, 0) is 32.9 Å². The highest BCUT2D eigenvalue weighted by molar-refractivity contribution is 6.66. The van der Waals surface area contributed by atoms with Gasteiger partial charge in [-0.15, -0.1) is 0 Å². The second-order valence-electron chi connectivity index (χ2n) is 6.58. The van der Waals surface area contributed by atoms with Gasteiger partial charge in [-0.2, -0.15) is 0 Å². The maximum atomic E-state index is 10.5. The fourth-order valence-corrected chi connectivity index (χ4v) is 5.48. The summed E-state index contributed by atoms with van der Waals surface area (Å²) in [6.45, 7) is 8.54. The molecule has 0 unspecified atom stereocenters. The van der Waals surface area contributed by atoms with Crippen LogP contribution in [0.2, 0.25) is 12.6 Å². The van der Waals surface area contributed by atoms with Crippen LogP contribution in [0.5, 0.6) is 0 Å². The first-order chi connectivity index (χ1) is 11.5. The van der Waals surface area contributed by atoms with Crippen LogP contribution in [0.25, 0.3) is 0 Å². The molecule has 2 amide bonds. The van der Waals surface area contributed by atoms with E-state index >= 15 is 0 Å². The van der Waals surface area contributed by atoms with E-state index in [9.17, 15) is 4.79 Å². The Balaban J connectivity index is 3.34. The molecule has 0 aliphatic rings. The number of rotatable bonds is 17. The summed E-state index contributed by atoms with van der Waals surface area (Å²) >= 11 is 0. The van der Waals surface area contributed by atoms with Gasteiger partial charge in [0.25, 0.3) is 0 Å². The number of nitrogens with one attached hydrogen (secondary N) is 1. The molecular formula is C18H40N2O3Si. The van der Waals surface area contributed by atoms with Crippen LogP contribution in [0.15, 0.2) is 0 Å². The van der Waals surface area contributed by atoms with E-state index in [4.69, 9.17) is 14.6 Å². The number of carbonyl (C=O) groups is 1. The van der Waals surface area contributed by atoms with E-state index < -0.39 is 14.6 Å². The lowest BCUT2D eigenvalue weighted by Crippen LogP contribution is -2.38. The van der Waals surface area contributed by atoms with E-state index in [1.807, 2.05) is 0 Å². The van der Waals surface area contributed by atoms with Crippen LogP contribution < -0.4 is 11.1 Å². The third kappa shape index (κ3) is 15.0. The molecule has 0 radical (unpaired) electrons. The van der Waals surface area contributed by atoms with Gasteiger partial charge in [-0.25, -0.2) is 4.79 Å². The molecule has 0 aromatic heterocycles. The minimum Gasteiger partial charge on any atom is -0.395 e. The maximum absolute atomic E-state index is 10.5. The summed E-state index contributed by atoms with van der Waals surface area (Å²) in [6, 6.07) is 0.703. The van der Waals surface area contributed by atoms with E-state index in [0.29, 0.717) is 6.54 Å². The quantitative estimate of drug-likeness (QED) is 0.292. The zero-order valence-corrected chi connectivity index (χ0v) is 17.2. The predicted octanol–water partition coefficient (Wildman–Crippen LogP) is 4.70. The first-order valence-electron chi connectivity index (χ1n) is 9.85. The van der Waals surface area contributed by atoms with Gasteiger partial charge >= 0.3 is 14.6 Å². The second kappa shape index (κ2) is 15.9. The highest BCUT2D eigenvalue weighted by Gasteiger charge is 2.29. The Morgan fingerprint density at radius 1 is 0.833 bits per heavy atom. The fraction of sp³-hybridized carbons (Fsp3) is 0.944. The van der Waals surface area contributed by atoms with Crippen molar-refractivity contribution in [2.45, 2.75) is 90.6 Å². The SMILES string of the molecule is CCO[Si](C)(CCCCCCCCCCCCNC(N)=O)OCC. The number of primary amides is 1. The van der Waals surface area contributed by atoms with Crippen LogP contribution in [0, 0.1) is 0 Å². The second-order valence-corrected chi connectivity index (χ2v) is 9.92. The Kier molecular flexibility index (Phi) is 15.5. The molecule has 0 bridgehead atoms. The molecule has 6 heteroatoms. The molecule has 0 aromatic carbocycles. The van der Waals surface area contributed by atoms with Gasteiger partial charge in [0.1, 0.15) is 0 Å². The lowest BCUT2D eigenvalue weighted by atomic mass is 10.1. The number of urea groups is 1. The summed E-state index contributed by atoms with van der Waals surface area (Å²) in [5.41, 5.74) is 5.01. The van der Waals surface area contributed by atoms with Gasteiger partial charge in [-0.3, -0.25) is 0 Å². The normalized spacial score (nSPS) is 11.6. The molecule has 0 atom stereocenters. The molecule has 0 aliphatic carbocycles. The minimum atomic E-state index is -1.89. The molecule has 0 spiro atoms. The van der Waals surface area contributed by atoms with Crippen molar-refractivity contribution in [3.8, 4) is 0 Å². The predicted molar refractivity (Wildman–Crippen MR) is 103 cm³/mol. The summed E-state index contributed by atoms with van der Waals surface area (Å²) in [5.74, 6) is 0. The molecule has 0 saturated heterocycles. The van der Waals surface area contributed by atoms with Crippen LogP contribution in [0.1, 0.15) is 78.1 Å². The highest BCUT2D eigenvalue weighted by atomic mass is 28.4. The number of hydrogen-bond donors (Lipinski definition) is 2. The number of hydrogen-bond acceptors (Lipinski definition) is 3. The summed E-state index contributed by atoms with van der Waals surface area (Å²) in [4.78, 5) is 10.5. The van der Waals surface area contributed by atoms with Crippen molar-refractivity contribution in [3.05, 3.63) is 0 Å². The molecule has 5 nitrogen and oxygen atoms in total. The Bertz CT molecular complexity index is 298. The standard InChI is InChI=1S/C18H40N2O3Si/c1-4-22-24(3,23-5-2)17-15-13-11-9-7-6-8-10-12-14-16-20-18(19)21/h4-17H2,1-3H3,(H3,19,20,21). The van der Waals surface area contributed by atoms with Crippen LogP contribution in [-0.4, -0.2) is 34.4 Å². The molecule has 0 heterocycles.